The molecule has 0 radical (unpaired) electrons. The first kappa shape index (κ1) is 11.4. The summed E-state index contributed by atoms with van der Waals surface area (Å²) in [5.41, 5.74) is 3.08. The van der Waals surface area contributed by atoms with Crippen molar-refractivity contribution in [3.8, 4) is 0 Å². The van der Waals surface area contributed by atoms with Gasteiger partial charge in [-0.15, -0.1) is 0 Å². The first-order valence-corrected chi connectivity index (χ1v) is 6.66. The Labute approximate surface area is 94.0 Å². The molecule has 3 N–H and O–H groups in total. The van der Waals surface area contributed by atoms with Gasteiger partial charge in [0.2, 0.25) is 0 Å². The fraction of sp³-hybridized carbons (Fsp3) is 1.00. The molecule has 4 unspecified atom stereocenters. The van der Waals surface area contributed by atoms with E-state index in [0.717, 1.165) is 23.7 Å². The lowest BCUT2D eigenvalue weighted by Gasteiger charge is -2.36. The SMILES string of the molecule is CC1CCC(C(CC2CC2)NN)CC1C. The second kappa shape index (κ2) is 4.84. The zero-order valence-electron chi connectivity index (χ0n) is 10.2. The Balaban J connectivity index is 1.84. The quantitative estimate of drug-likeness (QED) is 0.553. The highest BCUT2D eigenvalue weighted by Gasteiger charge is 2.33. The predicted octanol–water partition coefficient (Wildman–Crippen LogP) is 2.69. The summed E-state index contributed by atoms with van der Waals surface area (Å²) in [5, 5.41) is 0. The van der Waals surface area contributed by atoms with Gasteiger partial charge in [-0.05, 0) is 42.9 Å². The lowest BCUT2D eigenvalue weighted by molar-refractivity contribution is 0.163. The largest absolute Gasteiger partial charge is 0.271 e. The second-order valence-electron chi connectivity index (χ2n) is 5.98. The number of nitrogens with one attached hydrogen (secondary N) is 1. The third kappa shape index (κ3) is 2.94. The first-order valence-electron chi connectivity index (χ1n) is 6.66. The van der Waals surface area contributed by atoms with Crippen LogP contribution in [0.2, 0.25) is 0 Å². The lowest BCUT2D eigenvalue weighted by Crippen LogP contribution is -2.43. The Bertz CT molecular complexity index is 201. The fourth-order valence-electron chi connectivity index (χ4n) is 3.06. The minimum absolute atomic E-state index is 0.590. The van der Waals surface area contributed by atoms with E-state index < -0.39 is 0 Å². The molecule has 2 aliphatic rings. The molecule has 2 nitrogen and oxygen atoms in total. The van der Waals surface area contributed by atoms with E-state index in [1.807, 2.05) is 0 Å². The second-order valence-corrected chi connectivity index (χ2v) is 5.98. The van der Waals surface area contributed by atoms with Crippen molar-refractivity contribution in [1.29, 1.82) is 0 Å². The molecule has 0 aromatic carbocycles. The molecule has 2 fully saturated rings. The van der Waals surface area contributed by atoms with Crippen molar-refractivity contribution >= 4 is 0 Å². The van der Waals surface area contributed by atoms with Gasteiger partial charge < -0.3 is 0 Å². The van der Waals surface area contributed by atoms with E-state index in [0.29, 0.717) is 6.04 Å². The summed E-state index contributed by atoms with van der Waals surface area (Å²) in [7, 11) is 0. The van der Waals surface area contributed by atoms with Gasteiger partial charge in [0.15, 0.2) is 0 Å². The Morgan fingerprint density at radius 2 is 1.87 bits per heavy atom. The van der Waals surface area contributed by atoms with Crippen LogP contribution in [-0.4, -0.2) is 6.04 Å². The first-order chi connectivity index (χ1) is 7.20. The minimum Gasteiger partial charge on any atom is -0.271 e. The fourth-order valence-corrected chi connectivity index (χ4v) is 3.06. The van der Waals surface area contributed by atoms with Gasteiger partial charge in [0, 0.05) is 6.04 Å². The summed E-state index contributed by atoms with van der Waals surface area (Å²) < 4.78 is 0. The molecule has 4 atom stereocenters. The normalized spacial score (nSPS) is 39.0. The zero-order valence-corrected chi connectivity index (χ0v) is 10.2. The van der Waals surface area contributed by atoms with Crippen molar-refractivity contribution in [1.82, 2.24) is 5.43 Å². The summed E-state index contributed by atoms with van der Waals surface area (Å²) in [6.07, 6.45) is 8.36. The van der Waals surface area contributed by atoms with Crippen molar-refractivity contribution in [3.63, 3.8) is 0 Å². The van der Waals surface area contributed by atoms with Gasteiger partial charge in [-0.1, -0.05) is 33.1 Å². The predicted molar refractivity (Wildman–Crippen MR) is 64.1 cm³/mol. The standard InChI is InChI=1S/C13H26N2/c1-9-3-6-12(7-10(9)2)13(15-14)8-11-4-5-11/h9-13,15H,3-8,14H2,1-2H3. The molecule has 0 spiro atoms. The van der Waals surface area contributed by atoms with Gasteiger partial charge in [-0.25, -0.2) is 0 Å². The number of hydrogen-bond donors (Lipinski definition) is 2. The van der Waals surface area contributed by atoms with Crippen LogP contribution in [0.1, 0.15) is 52.4 Å². The van der Waals surface area contributed by atoms with E-state index >= 15 is 0 Å². The Morgan fingerprint density at radius 3 is 2.40 bits per heavy atom. The molecule has 0 aliphatic heterocycles. The monoisotopic (exact) mass is 210 g/mol. The molecule has 15 heavy (non-hydrogen) atoms. The molecule has 0 heterocycles. The van der Waals surface area contributed by atoms with Crippen LogP contribution in [0.5, 0.6) is 0 Å². The average molecular weight is 210 g/mol. The van der Waals surface area contributed by atoms with Crippen LogP contribution in [0.4, 0.5) is 0 Å². The third-order valence-electron chi connectivity index (χ3n) is 4.71. The summed E-state index contributed by atoms with van der Waals surface area (Å²) >= 11 is 0. The Kier molecular flexibility index (Phi) is 3.68. The van der Waals surface area contributed by atoms with Gasteiger partial charge in [0.1, 0.15) is 0 Å². The molecule has 2 aliphatic carbocycles. The smallest absolute Gasteiger partial charge is 0.0241 e. The zero-order chi connectivity index (χ0) is 10.8. The van der Waals surface area contributed by atoms with Crippen LogP contribution in [0.3, 0.4) is 0 Å². The average Bonchev–Trinajstić information content (AvgIpc) is 3.02. The summed E-state index contributed by atoms with van der Waals surface area (Å²) in [6, 6.07) is 0.590. The molecular formula is C13H26N2. The van der Waals surface area contributed by atoms with Gasteiger partial charge in [0.25, 0.3) is 0 Å². The Morgan fingerprint density at radius 1 is 1.13 bits per heavy atom. The van der Waals surface area contributed by atoms with E-state index in [2.05, 4.69) is 19.3 Å². The van der Waals surface area contributed by atoms with E-state index in [4.69, 9.17) is 5.84 Å². The third-order valence-corrected chi connectivity index (χ3v) is 4.71. The van der Waals surface area contributed by atoms with Gasteiger partial charge in [-0.2, -0.15) is 0 Å². The highest BCUT2D eigenvalue weighted by molar-refractivity contribution is 4.87. The van der Waals surface area contributed by atoms with Gasteiger partial charge in [0.05, 0.1) is 0 Å². The van der Waals surface area contributed by atoms with Gasteiger partial charge in [-0.3, -0.25) is 11.3 Å². The maximum absolute atomic E-state index is 5.71. The van der Waals surface area contributed by atoms with E-state index in [-0.39, 0.29) is 0 Å². The highest BCUT2D eigenvalue weighted by atomic mass is 15.2. The van der Waals surface area contributed by atoms with Crippen molar-refractivity contribution < 1.29 is 0 Å². The Hall–Kier alpha value is -0.0800. The topological polar surface area (TPSA) is 38.0 Å². The maximum atomic E-state index is 5.71. The molecule has 0 bridgehead atoms. The molecule has 0 amide bonds. The highest BCUT2D eigenvalue weighted by Crippen LogP contribution is 2.40. The molecule has 2 saturated carbocycles. The van der Waals surface area contributed by atoms with Crippen LogP contribution in [0.15, 0.2) is 0 Å². The van der Waals surface area contributed by atoms with E-state index in [1.165, 1.54) is 38.5 Å². The lowest BCUT2D eigenvalue weighted by atomic mass is 9.72. The van der Waals surface area contributed by atoms with Crippen LogP contribution < -0.4 is 11.3 Å². The van der Waals surface area contributed by atoms with E-state index in [1.54, 1.807) is 0 Å². The number of nitrogens with two attached hydrogens (primary N) is 1. The molecular weight excluding hydrogens is 184 g/mol. The van der Waals surface area contributed by atoms with E-state index in [9.17, 15) is 0 Å². The molecule has 88 valence electrons. The summed E-state index contributed by atoms with van der Waals surface area (Å²) in [4.78, 5) is 0. The van der Waals surface area contributed by atoms with Crippen molar-refractivity contribution in [3.05, 3.63) is 0 Å². The minimum atomic E-state index is 0.590. The molecule has 0 aromatic heterocycles. The van der Waals surface area contributed by atoms with Crippen LogP contribution in [0.25, 0.3) is 0 Å². The summed E-state index contributed by atoms with van der Waals surface area (Å²) in [5.74, 6) is 9.34. The number of rotatable bonds is 4. The van der Waals surface area contributed by atoms with Crippen LogP contribution >= 0.6 is 0 Å². The van der Waals surface area contributed by atoms with Crippen LogP contribution in [-0.2, 0) is 0 Å². The molecule has 2 heteroatoms. The number of hydrogen-bond acceptors (Lipinski definition) is 2. The summed E-state index contributed by atoms with van der Waals surface area (Å²) in [6.45, 7) is 4.80. The van der Waals surface area contributed by atoms with Crippen molar-refractivity contribution in [2.75, 3.05) is 0 Å². The maximum Gasteiger partial charge on any atom is 0.0241 e. The van der Waals surface area contributed by atoms with Crippen LogP contribution in [0, 0.1) is 23.7 Å². The molecule has 2 rings (SSSR count). The number of hydrazine groups is 1. The van der Waals surface area contributed by atoms with Crippen molar-refractivity contribution in [2.24, 2.45) is 29.5 Å². The van der Waals surface area contributed by atoms with Crippen molar-refractivity contribution in [2.45, 2.75) is 58.4 Å². The molecule has 0 saturated heterocycles. The van der Waals surface area contributed by atoms with Gasteiger partial charge >= 0.3 is 0 Å². The molecule has 0 aromatic rings.